The monoisotopic (exact) mass is 272 g/mol. The van der Waals surface area contributed by atoms with E-state index in [9.17, 15) is 8.42 Å². The van der Waals surface area contributed by atoms with Gasteiger partial charge in [0.05, 0.1) is 11.4 Å². The van der Waals surface area contributed by atoms with Crippen LogP contribution in [0.15, 0.2) is 21.7 Å². The van der Waals surface area contributed by atoms with Crippen molar-refractivity contribution in [1.82, 2.24) is 9.78 Å². The number of nitrogen functional groups attached to an aromatic ring is 1. The first-order chi connectivity index (χ1) is 7.92. The predicted molar refractivity (Wildman–Crippen MR) is 67.5 cm³/mol. The van der Waals surface area contributed by atoms with E-state index in [1.165, 1.54) is 16.0 Å². The molecule has 0 saturated heterocycles. The lowest BCUT2D eigenvalue weighted by Crippen LogP contribution is -2.14. The zero-order valence-corrected chi connectivity index (χ0v) is 11.0. The highest BCUT2D eigenvalue weighted by molar-refractivity contribution is 7.93. The number of hydrogen-bond donors (Lipinski definition) is 2. The van der Waals surface area contributed by atoms with Crippen LogP contribution >= 0.6 is 11.3 Å². The summed E-state index contributed by atoms with van der Waals surface area (Å²) in [5.41, 5.74) is 6.64. The van der Waals surface area contributed by atoms with Crippen LogP contribution in [0.2, 0.25) is 0 Å². The average Bonchev–Trinajstić information content (AvgIpc) is 2.76. The van der Waals surface area contributed by atoms with Crippen molar-refractivity contribution in [3.05, 3.63) is 22.5 Å². The maximum atomic E-state index is 12.1. The van der Waals surface area contributed by atoms with Crippen molar-refractivity contribution in [2.75, 3.05) is 10.5 Å². The van der Waals surface area contributed by atoms with Gasteiger partial charge in [-0.05, 0) is 18.4 Å². The molecule has 0 aliphatic carbocycles. The summed E-state index contributed by atoms with van der Waals surface area (Å²) in [4.78, 5) is 0.0335. The van der Waals surface area contributed by atoms with Crippen molar-refractivity contribution in [1.29, 1.82) is 0 Å². The summed E-state index contributed by atoms with van der Waals surface area (Å²) in [7, 11) is -2.03. The molecule has 17 heavy (non-hydrogen) atoms. The highest BCUT2D eigenvalue weighted by Gasteiger charge is 2.24. The second-order valence-corrected chi connectivity index (χ2v) is 5.94. The lowest BCUT2D eigenvalue weighted by molar-refractivity contribution is 0.600. The standard InChI is InChI=1S/C9H12N4O2S2/c1-6-8(9(10)11-13(6)2)17(14,15)12-7-3-4-16-5-7/h3-5,12H,1-2H3,(H2,10,11). The number of nitrogens with one attached hydrogen (secondary N) is 1. The summed E-state index contributed by atoms with van der Waals surface area (Å²) < 4.78 is 28.1. The van der Waals surface area contributed by atoms with Gasteiger partial charge in [-0.1, -0.05) is 0 Å². The molecule has 0 unspecified atom stereocenters. The molecule has 2 rings (SSSR count). The Morgan fingerprint density at radius 2 is 2.24 bits per heavy atom. The van der Waals surface area contributed by atoms with Crippen LogP contribution in [0.3, 0.4) is 0 Å². The molecule has 0 amide bonds. The molecule has 0 atom stereocenters. The molecule has 8 heteroatoms. The number of rotatable bonds is 3. The van der Waals surface area contributed by atoms with Crippen LogP contribution in [0.1, 0.15) is 5.69 Å². The van der Waals surface area contributed by atoms with Crippen molar-refractivity contribution in [2.24, 2.45) is 7.05 Å². The third-order valence-electron chi connectivity index (χ3n) is 2.35. The third-order valence-corrected chi connectivity index (χ3v) is 4.58. The Labute approximate surface area is 103 Å². The summed E-state index contributed by atoms with van der Waals surface area (Å²) in [5, 5.41) is 7.38. The summed E-state index contributed by atoms with van der Waals surface area (Å²) >= 11 is 1.41. The van der Waals surface area contributed by atoms with Gasteiger partial charge in [-0.3, -0.25) is 9.40 Å². The SMILES string of the molecule is Cc1c(S(=O)(=O)Nc2ccsc2)c(N)nn1C. The van der Waals surface area contributed by atoms with Gasteiger partial charge in [0, 0.05) is 12.4 Å². The number of sulfonamides is 1. The number of nitrogens with zero attached hydrogens (tertiary/aromatic N) is 2. The van der Waals surface area contributed by atoms with Gasteiger partial charge in [0.2, 0.25) is 0 Å². The Morgan fingerprint density at radius 3 is 2.71 bits per heavy atom. The highest BCUT2D eigenvalue weighted by Crippen LogP contribution is 2.24. The van der Waals surface area contributed by atoms with Crippen LogP contribution in [-0.4, -0.2) is 18.2 Å². The van der Waals surface area contributed by atoms with Crippen molar-refractivity contribution >= 4 is 32.9 Å². The highest BCUT2D eigenvalue weighted by atomic mass is 32.2. The quantitative estimate of drug-likeness (QED) is 0.877. The van der Waals surface area contributed by atoms with Crippen molar-refractivity contribution in [2.45, 2.75) is 11.8 Å². The number of thiophene rings is 1. The minimum absolute atomic E-state index is 0.00716. The molecule has 0 aliphatic rings. The molecule has 92 valence electrons. The van der Waals surface area contributed by atoms with Gasteiger partial charge in [-0.25, -0.2) is 8.42 Å². The Kier molecular flexibility index (Phi) is 2.84. The molecular formula is C9H12N4O2S2. The van der Waals surface area contributed by atoms with E-state index in [2.05, 4.69) is 9.82 Å². The van der Waals surface area contributed by atoms with E-state index >= 15 is 0 Å². The fourth-order valence-electron chi connectivity index (χ4n) is 1.48. The molecule has 2 aromatic heterocycles. The number of aromatic nitrogens is 2. The van der Waals surface area contributed by atoms with Crippen LogP contribution in [0, 0.1) is 6.92 Å². The normalized spacial score (nSPS) is 11.6. The molecule has 0 bridgehead atoms. The first-order valence-corrected chi connectivity index (χ1v) is 7.18. The summed E-state index contributed by atoms with van der Waals surface area (Å²) in [6.45, 7) is 1.66. The second kappa shape index (κ2) is 4.04. The molecule has 0 spiro atoms. The lowest BCUT2D eigenvalue weighted by atomic mass is 10.5. The van der Waals surface area contributed by atoms with Crippen LogP contribution in [0.4, 0.5) is 11.5 Å². The smallest absolute Gasteiger partial charge is 0.267 e. The number of nitrogens with two attached hydrogens (primary N) is 1. The third kappa shape index (κ3) is 2.13. The van der Waals surface area contributed by atoms with Gasteiger partial charge in [0.15, 0.2) is 10.7 Å². The average molecular weight is 272 g/mol. The van der Waals surface area contributed by atoms with Gasteiger partial charge in [-0.2, -0.15) is 16.4 Å². The van der Waals surface area contributed by atoms with E-state index in [1.807, 2.05) is 0 Å². The van der Waals surface area contributed by atoms with Gasteiger partial charge < -0.3 is 5.73 Å². The summed E-state index contributed by atoms with van der Waals surface area (Å²) in [6, 6.07) is 1.68. The van der Waals surface area contributed by atoms with E-state index in [4.69, 9.17) is 5.73 Å². The Morgan fingerprint density at radius 1 is 1.53 bits per heavy atom. The fraction of sp³-hybridized carbons (Fsp3) is 0.222. The van der Waals surface area contributed by atoms with Crippen molar-refractivity contribution in [3.63, 3.8) is 0 Å². The van der Waals surface area contributed by atoms with Crippen molar-refractivity contribution in [3.8, 4) is 0 Å². The zero-order chi connectivity index (χ0) is 12.6. The molecule has 0 saturated carbocycles. The molecule has 2 aromatic rings. The molecule has 0 aromatic carbocycles. The molecule has 0 aliphatic heterocycles. The molecule has 3 N–H and O–H groups in total. The van der Waals surface area contributed by atoms with Gasteiger partial charge >= 0.3 is 0 Å². The minimum atomic E-state index is -3.68. The maximum absolute atomic E-state index is 12.1. The van der Waals surface area contributed by atoms with Crippen LogP contribution in [0.25, 0.3) is 0 Å². The summed E-state index contributed by atoms with van der Waals surface area (Å²) in [5.74, 6) is 0.00716. The fourth-order valence-corrected chi connectivity index (χ4v) is 3.51. The second-order valence-electron chi connectivity index (χ2n) is 3.54. The first-order valence-electron chi connectivity index (χ1n) is 4.76. The minimum Gasteiger partial charge on any atom is -0.381 e. The Hall–Kier alpha value is -1.54. The van der Waals surface area contributed by atoms with Gasteiger partial charge in [-0.15, -0.1) is 0 Å². The number of hydrogen-bond acceptors (Lipinski definition) is 5. The predicted octanol–water partition coefficient (Wildman–Crippen LogP) is 1.17. The van der Waals surface area contributed by atoms with Crippen LogP contribution in [-0.2, 0) is 17.1 Å². The van der Waals surface area contributed by atoms with E-state index in [-0.39, 0.29) is 10.7 Å². The number of anilines is 2. The topological polar surface area (TPSA) is 90.0 Å². The molecule has 0 radical (unpaired) electrons. The van der Waals surface area contributed by atoms with E-state index in [0.29, 0.717) is 11.4 Å². The van der Waals surface area contributed by atoms with E-state index in [1.54, 1.807) is 30.8 Å². The molecular weight excluding hydrogens is 260 g/mol. The Bertz CT molecular complexity index is 628. The van der Waals surface area contributed by atoms with E-state index in [0.717, 1.165) is 0 Å². The summed E-state index contributed by atoms with van der Waals surface area (Å²) in [6.07, 6.45) is 0. The van der Waals surface area contributed by atoms with Gasteiger partial charge in [0.25, 0.3) is 10.0 Å². The largest absolute Gasteiger partial charge is 0.381 e. The van der Waals surface area contributed by atoms with Crippen LogP contribution < -0.4 is 10.5 Å². The van der Waals surface area contributed by atoms with E-state index < -0.39 is 10.0 Å². The zero-order valence-electron chi connectivity index (χ0n) is 9.34. The van der Waals surface area contributed by atoms with Crippen LogP contribution in [0.5, 0.6) is 0 Å². The van der Waals surface area contributed by atoms with Crippen molar-refractivity contribution < 1.29 is 8.42 Å². The number of aryl methyl sites for hydroxylation is 1. The molecule has 6 nitrogen and oxygen atoms in total. The van der Waals surface area contributed by atoms with Gasteiger partial charge in [0.1, 0.15) is 0 Å². The first kappa shape index (κ1) is 11.9. The molecule has 2 heterocycles. The molecule has 0 fully saturated rings. The lowest BCUT2D eigenvalue weighted by Gasteiger charge is -2.05. The maximum Gasteiger partial charge on any atom is 0.267 e. The Balaban J connectivity index is 2.45.